The molecule has 1 aromatic carbocycles. The van der Waals surface area contributed by atoms with Gasteiger partial charge in [-0.2, -0.15) is 0 Å². The van der Waals surface area contributed by atoms with Crippen LogP contribution in [0.3, 0.4) is 0 Å². The summed E-state index contributed by atoms with van der Waals surface area (Å²) in [5.74, 6) is 0.0655. The van der Waals surface area contributed by atoms with Crippen LogP contribution in [-0.4, -0.2) is 48.9 Å². The number of amides is 2. The van der Waals surface area contributed by atoms with Gasteiger partial charge < -0.3 is 15.1 Å². The molecule has 5 heteroatoms. The van der Waals surface area contributed by atoms with Crippen LogP contribution in [0.2, 0.25) is 0 Å². The molecule has 0 radical (unpaired) electrons. The summed E-state index contributed by atoms with van der Waals surface area (Å²) in [5, 5.41) is 2.78. The molecular weight excluding hydrogens is 302 g/mol. The van der Waals surface area contributed by atoms with Gasteiger partial charge in [-0.1, -0.05) is 39.0 Å². The second-order valence-electron chi connectivity index (χ2n) is 7.74. The molecule has 2 fully saturated rings. The van der Waals surface area contributed by atoms with E-state index in [2.05, 4.69) is 55.3 Å². The number of benzene rings is 1. The Bertz CT molecular complexity index is 628. The summed E-state index contributed by atoms with van der Waals surface area (Å²) in [6.45, 7) is 9.78. The number of anilines is 1. The second-order valence-corrected chi connectivity index (χ2v) is 7.74. The zero-order chi connectivity index (χ0) is 17.3. The average Bonchev–Trinajstić information content (AvgIpc) is 3.00. The largest absolute Gasteiger partial charge is 0.368 e. The molecule has 3 rings (SSSR count). The topological polar surface area (TPSA) is 52.7 Å². The normalized spacial score (nSPS) is 21.8. The van der Waals surface area contributed by atoms with E-state index in [-0.39, 0.29) is 23.3 Å². The van der Waals surface area contributed by atoms with Crippen LogP contribution < -0.4 is 10.2 Å². The van der Waals surface area contributed by atoms with Gasteiger partial charge >= 0.3 is 0 Å². The molecule has 24 heavy (non-hydrogen) atoms. The van der Waals surface area contributed by atoms with Crippen molar-refractivity contribution >= 4 is 17.5 Å². The van der Waals surface area contributed by atoms with Gasteiger partial charge in [0.1, 0.15) is 6.04 Å². The fourth-order valence-corrected chi connectivity index (χ4v) is 3.57. The van der Waals surface area contributed by atoms with Gasteiger partial charge in [0.05, 0.1) is 0 Å². The van der Waals surface area contributed by atoms with Crippen molar-refractivity contribution in [1.82, 2.24) is 10.2 Å². The molecule has 0 bridgehead atoms. The van der Waals surface area contributed by atoms with E-state index in [9.17, 15) is 9.59 Å². The van der Waals surface area contributed by atoms with Crippen molar-refractivity contribution in [2.75, 3.05) is 31.1 Å². The summed E-state index contributed by atoms with van der Waals surface area (Å²) < 4.78 is 0. The molecule has 0 unspecified atom stereocenters. The summed E-state index contributed by atoms with van der Waals surface area (Å²) in [4.78, 5) is 28.1. The van der Waals surface area contributed by atoms with Crippen molar-refractivity contribution in [3.8, 4) is 0 Å². The molecule has 1 atom stereocenters. The number of hydrogen-bond donors (Lipinski definition) is 1. The van der Waals surface area contributed by atoms with E-state index in [4.69, 9.17) is 0 Å². The predicted molar refractivity (Wildman–Crippen MR) is 95.1 cm³/mol. The van der Waals surface area contributed by atoms with Crippen LogP contribution in [-0.2, 0) is 15.0 Å². The summed E-state index contributed by atoms with van der Waals surface area (Å²) in [6, 6.07) is 8.23. The Hall–Kier alpha value is -2.04. The zero-order valence-corrected chi connectivity index (χ0v) is 14.8. The molecule has 2 saturated heterocycles. The maximum Gasteiger partial charge on any atom is 0.245 e. The summed E-state index contributed by atoms with van der Waals surface area (Å²) in [7, 11) is 0. The van der Waals surface area contributed by atoms with E-state index in [1.54, 1.807) is 0 Å². The molecule has 2 heterocycles. The lowest BCUT2D eigenvalue weighted by Gasteiger charge is -2.39. The summed E-state index contributed by atoms with van der Waals surface area (Å²) in [6.07, 6.45) is 1.10. The number of nitrogens with zero attached hydrogens (tertiary/aromatic N) is 2. The third-order valence-corrected chi connectivity index (χ3v) is 4.94. The monoisotopic (exact) mass is 329 g/mol. The molecule has 0 saturated carbocycles. The minimum Gasteiger partial charge on any atom is -0.368 e. The maximum absolute atomic E-state index is 12.5. The molecule has 1 N–H and O–H groups in total. The van der Waals surface area contributed by atoms with Crippen LogP contribution >= 0.6 is 0 Å². The van der Waals surface area contributed by atoms with Crippen molar-refractivity contribution in [2.45, 2.75) is 45.1 Å². The molecule has 2 aliphatic heterocycles. The summed E-state index contributed by atoms with van der Waals surface area (Å²) in [5.41, 5.74) is 2.71. The van der Waals surface area contributed by atoms with Crippen molar-refractivity contribution in [1.29, 1.82) is 0 Å². The van der Waals surface area contributed by atoms with Gasteiger partial charge in [-0.25, -0.2) is 0 Å². The predicted octanol–water partition coefficient (Wildman–Crippen LogP) is 1.91. The van der Waals surface area contributed by atoms with Crippen LogP contribution in [0.25, 0.3) is 0 Å². The fraction of sp³-hybridized carbons (Fsp3) is 0.579. The number of hydrogen-bond acceptors (Lipinski definition) is 3. The van der Waals surface area contributed by atoms with Crippen LogP contribution in [0.4, 0.5) is 5.69 Å². The molecular formula is C19H27N3O2. The molecule has 5 nitrogen and oxygen atoms in total. The van der Waals surface area contributed by atoms with Crippen LogP contribution in [0, 0.1) is 0 Å². The maximum atomic E-state index is 12.5. The van der Waals surface area contributed by atoms with Gasteiger partial charge in [-0.15, -0.1) is 0 Å². The number of rotatable bonds is 2. The first-order chi connectivity index (χ1) is 11.4. The summed E-state index contributed by atoms with van der Waals surface area (Å²) >= 11 is 0. The zero-order valence-electron chi connectivity index (χ0n) is 14.8. The Balaban J connectivity index is 1.66. The van der Waals surface area contributed by atoms with Crippen molar-refractivity contribution in [3.05, 3.63) is 29.8 Å². The Morgan fingerprint density at radius 1 is 1.12 bits per heavy atom. The standard InChI is InChI=1S/C19H27N3O2/c1-19(2,3)14-6-4-5-7-16(14)21-10-12-22(13-11-21)18(24)15-8-9-17(23)20-15/h4-7,15H,8-13H2,1-3H3,(H,20,23)/t15-/m0/s1. The minimum atomic E-state index is -0.314. The lowest BCUT2D eigenvalue weighted by molar-refractivity contribution is -0.134. The van der Waals surface area contributed by atoms with Crippen molar-refractivity contribution < 1.29 is 9.59 Å². The van der Waals surface area contributed by atoms with Gasteiger partial charge in [0, 0.05) is 38.3 Å². The first-order valence-corrected chi connectivity index (χ1v) is 8.79. The second kappa shape index (κ2) is 6.46. The molecule has 2 aliphatic rings. The number of carbonyl (C=O) groups is 2. The highest BCUT2D eigenvalue weighted by Crippen LogP contribution is 2.32. The van der Waals surface area contributed by atoms with Crippen molar-refractivity contribution in [3.63, 3.8) is 0 Å². The number of nitrogens with one attached hydrogen (secondary N) is 1. The van der Waals surface area contributed by atoms with E-state index in [0.717, 1.165) is 13.1 Å². The number of para-hydroxylation sites is 1. The quantitative estimate of drug-likeness (QED) is 0.902. The first-order valence-electron chi connectivity index (χ1n) is 8.79. The van der Waals surface area contributed by atoms with Gasteiger partial charge in [0.25, 0.3) is 0 Å². The van der Waals surface area contributed by atoms with E-state index < -0.39 is 0 Å². The third kappa shape index (κ3) is 3.40. The SMILES string of the molecule is CC(C)(C)c1ccccc1N1CCN(C(=O)[C@@H]2CCC(=O)N2)CC1. The number of piperazine rings is 1. The molecule has 2 amide bonds. The van der Waals surface area contributed by atoms with Crippen molar-refractivity contribution in [2.24, 2.45) is 0 Å². The molecule has 0 spiro atoms. The van der Waals surface area contributed by atoms with E-state index >= 15 is 0 Å². The Labute approximate surface area is 144 Å². The van der Waals surface area contributed by atoms with E-state index in [0.29, 0.717) is 25.9 Å². The molecule has 130 valence electrons. The van der Waals surface area contributed by atoms with Gasteiger partial charge in [-0.05, 0) is 23.5 Å². The molecule has 0 aromatic heterocycles. The first kappa shape index (κ1) is 16.8. The Kier molecular flexibility index (Phi) is 4.52. The van der Waals surface area contributed by atoms with Gasteiger partial charge in [-0.3, -0.25) is 9.59 Å². The van der Waals surface area contributed by atoms with E-state index in [1.807, 2.05) is 4.90 Å². The highest BCUT2D eigenvalue weighted by atomic mass is 16.2. The highest BCUT2D eigenvalue weighted by molar-refractivity contribution is 5.91. The van der Waals surface area contributed by atoms with Crippen LogP contribution in [0.5, 0.6) is 0 Å². The van der Waals surface area contributed by atoms with E-state index in [1.165, 1.54) is 11.3 Å². The smallest absolute Gasteiger partial charge is 0.245 e. The minimum absolute atomic E-state index is 0.00825. The Morgan fingerprint density at radius 3 is 2.38 bits per heavy atom. The van der Waals surface area contributed by atoms with Gasteiger partial charge in [0.15, 0.2) is 0 Å². The highest BCUT2D eigenvalue weighted by Gasteiger charge is 2.32. The Morgan fingerprint density at radius 2 is 1.79 bits per heavy atom. The number of carbonyl (C=O) groups excluding carboxylic acids is 2. The lowest BCUT2D eigenvalue weighted by Crippen LogP contribution is -2.53. The molecule has 1 aromatic rings. The average molecular weight is 329 g/mol. The lowest BCUT2D eigenvalue weighted by atomic mass is 9.85. The van der Waals surface area contributed by atoms with Gasteiger partial charge in [0.2, 0.25) is 11.8 Å². The molecule has 0 aliphatic carbocycles. The van der Waals surface area contributed by atoms with Crippen LogP contribution in [0.1, 0.15) is 39.2 Å². The van der Waals surface area contributed by atoms with Crippen LogP contribution in [0.15, 0.2) is 24.3 Å². The fourth-order valence-electron chi connectivity index (χ4n) is 3.57. The third-order valence-electron chi connectivity index (χ3n) is 4.94.